The number of carboxylic acids is 1. The molecule has 0 saturated carbocycles. The fraction of sp³-hybridized carbons (Fsp3) is 0.467. The maximum Gasteiger partial charge on any atom is 0.307 e. The highest BCUT2D eigenvalue weighted by Crippen LogP contribution is 2.14. The van der Waals surface area contributed by atoms with Crippen LogP contribution < -0.4 is 5.73 Å². The van der Waals surface area contributed by atoms with Gasteiger partial charge in [-0.2, -0.15) is 0 Å². The standard InChI is InChI=1S/C15H22N2O3/c1-4-17(8-11(3)15(19)20)9-13-6-5-12(14(16)18)7-10(13)2/h5-7,11H,4,8-9H2,1-3H3,(H2,16,18)(H,19,20). The zero-order valence-corrected chi connectivity index (χ0v) is 12.2. The van der Waals surface area contributed by atoms with Crippen LogP contribution in [0.1, 0.15) is 35.3 Å². The molecule has 0 fully saturated rings. The average molecular weight is 278 g/mol. The lowest BCUT2D eigenvalue weighted by Crippen LogP contribution is -2.31. The summed E-state index contributed by atoms with van der Waals surface area (Å²) in [4.78, 5) is 24.1. The molecule has 0 saturated heterocycles. The molecule has 0 aromatic heterocycles. The minimum absolute atomic E-state index is 0.403. The Balaban J connectivity index is 2.80. The molecule has 5 nitrogen and oxygen atoms in total. The van der Waals surface area contributed by atoms with Crippen LogP contribution in [0.15, 0.2) is 18.2 Å². The van der Waals surface area contributed by atoms with E-state index in [2.05, 4.69) is 4.90 Å². The van der Waals surface area contributed by atoms with E-state index in [1.165, 1.54) is 0 Å². The number of nitrogens with zero attached hydrogens (tertiary/aromatic N) is 1. The number of benzene rings is 1. The summed E-state index contributed by atoms with van der Waals surface area (Å²) in [5.41, 5.74) is 7.81. The number of nitrogens with two attached hydrogens (primary N) is 1. The average Bonchev–Trinajstić information content (AvgIpc) is 2.39. The number of aliphatic carboxylic acids is 1. The highest BCUT2D eigenvalue weighted by atomic mass is 16.4. The Labute approximate surface area is 119 Å². The van der Waals surface area contributed by atoms with Crippen molar-refractivity contribution in [1.29, 1.82) is 0 Å². The minimum atomic E-state index is -0.788. The van der Waals surface area contributed by atoms with Gasteiger partial charge in [-0.15, -0.1) is 0 Å². The largest absolute Gasteiger partial charge is 0.481 e. The number of aryl methyl sites for hydroxylation is 1. The highest BCUT2D eigenvalue weighted by Gasteiger charge is 2.16. The van der Waals surface area contributed by atoms with Gasteiger partial charge in [0.15, 0.2) is 0 Å². The molecule has 1 atom stereocenters. The van der Waals surface area contributed by atoms with E-state index in [0.29, 0.717) is 18.7 Å². The molecule has 0 radical (unpaired) electrons. The van der Waals surface area contributed by atoms with Crippen LogP contribution in [0, 0.1) is 12.8 Å². The first kappa shape index (κ1) is 16.2. The van der Waals surface area contributed by atoms with E-state index in [1.54, 1.807) is 19.1 Å². The maximum absolute atomic E-state index is 11.1. The molecule has 0 heterocycles. The van der Waals surface area contributed by atoms with Crippen molar-refractivity contribution in [2.45, 2.75) is 27.3 Å². The molecule has 20 heavy (non-hydrogen) atoms. The van der Waals surface area contributed by atoms with E-state index in [-0.39, 0.29) is 0 Å². The van der Waals surface area contributed by atoms with Crippen LogP contribution in [0.2, 0.25) is 0 Å². The van der Waals surface area contributed by atoms with E-state index in [4.69, 9.17) is 10.8 Å². The molecule has 3 N–H and O–H groups in total. The monoisotopic (exact) mass is 278 g/mol. The van der Waals surface area contributed by atoms with Crippen molar-refractivity contribution in [2.24, 2.45) is 11.7 Å². The molecule has 1 aromatic carbocycles. The SMILES string of the molecule is CCN(Cc1ccc(C(N)=O)cc1C)CC(C)C(=O)O. The van der Waals surface area contributed by atoms with E-state index in [9.17, 15) is 9.59 Å². The van der Waals surface area contributed by atoms with Gasteiger partial charge in [-0.3, -0.25) is 14.5 Å². The number of carboxylic acid groups (broad SMARTS) is 1. The van der Waals surface area contributed by atoms with Gasteiger partial charge in [0.1, 0.15) is 0 Å². The van der Waals surface area contributed by atoms with Crippen molar-refractivity contribution in [3.63, 3.8) is 0 Å². The molecular formula is C15H22N2O3. The van der Waals surface area contributed by atoms with E-state index in [0.717, 1.165) is 17.7 Å². The Morgan fingerprint density at radius 2 is 2.05 bits per heavy atom. The Morgan fingerprint density at radius 1 is 1.40 bits per heavy atom. The fourth-order valence-corrected chi connectivity index (χ4v) is 2.04. The third-order valence-corrected chi connectivity index (χ3v) is 3.42. The summed E-state index contributed by atoms with van der Waals surface area (Å²) in [5, 5.41) is 8.97. The first-order valence-corrected chi connectivity index (χ1v) is 6.69. The van der Waals surface area contributed by atoms with Crippen LogP contribution >= 0.6 is 0 Å². The summed E-state index contributed by atoms with van der Waals surface area (Å²) >= 11 is 0. The molecule has 5 heteroatoms. The Kier molecular flexibility index (Phi) is 5.70. The summed E-state index contributed by atoms with van der Waals surface area (Å²) in [6.07, 6.45) is 0. The molecule has 1 aromatic rings. The number of carbonyl (C=O) groups excluding carboxylic acids is 1. The molecule has 0 aliphatic heterocycles. The van der Waals surface area contributed by atoms with Gasteiger partial charge < -0.3 is 10.8 Å². The van der Waals surface area contributed by atoms with Crippen LogP contribution in [0.3, 0.4) is 0 Å². The van der Waals surface area contributed by atoms with Gasteiger partial charge in [0, 0.05) is 18.7 Å². The smallest absolute Gasteiger partial charge is 0.307 e. The molecule has 1 amide bonds. The fourth-order valence-electron chi connectivity index (χ4n) is 2.04. The number of amides is 1. The predicted molar refractivity (Wildman–Crippen MR) is 77.4 cm³/mol. The zero-order valence-electron chi connectivity index (χ0n) is 12.2. The molecular weight excluding hydrogens is 256 g/mol. The summed E-state index contributed by atoms with van der Waals surface area (Å²) in [6, 6.07) is 5.36. The molecule has 110 valence electrons. The van der Waals surface area contributed by atoms with Crippen molar-refractivity contribution in [1.82, 2.24) is 4.90 Å². The lowest BCUT2D eigenvalue weighted by Gasteiger charge is -2.23. The topological polar surface area (TPSA) is 83.6 Å². The molecule has 0 aliphatic rings. The number of hydrogen-bond donors (Lipinski definition) is 2. The quantitative estimate of drug-likeness (QED) is 0.794. The van der Waals surface area contributed by atoms with Gasteiger partial charge >= 0.3 is 5.97 Å². The van der Waals surface area contributed by atoms with Gasteiger partial charge in [0.2, 0.25) is 5.91 Å². The molecule has 1 rings (SSSR count). The van der Waals surface area contributed by atoms with E-state index in [1.807, 2.05) is 19.9 Å². The summed E-state index contributed by atoms with van der Waals surface area (Å²) in [5.74, 6) is -1.63. The van der Waals surface area contributed by atoms with Crippen molar-refractivity contribution < 1.29 is 14.7 Å². The third kappa shape index (κ3) is 4.35. The molecule has 0 bridgehead atoms. The highest BCUT2D eigenvalue weighted by molar-refractivity contribution is 5.93. The van der Waals surface area contributed by atoms with Gasteiger partial charge in [-0.25, -0.2) is 0 Å². The van der Waals surface area contributed by atoms with Crippen molar-refractivity contribution in [3.8, 4) is 0 Å². The van der Waals surface area contributed by atoms with Gasteiger partial charge in [0.05, 0.1) is 5.92 Å². The van der Waals surface area contributed by atoms with Crippen LogP contribution in [0.5, 0.6) is 0 Å². The third-order valence-electron chi connectivity index (χ3n) is 3.42. The van der Waals surface area contributed by atoms with Crippen LogP contribution in [-0.2, 0) is 11.3 Å². The maximum atomic E-state index is 11.1. The normalized spacial score (nSPS) is 12.4. The van der Waals surface area contributed by atoms with E-state index < -0.39 is 17.8 Å². The number of rotatable bonds is 7. The Hall–Kier alpha value is -1.88. The predicted octanol–water partition coefficient (Wildman–Crippen LogP) is 1.64. The Morgan fingerprint density at radius 3 is 2.50 bits per heavy atom. The van der Waals surface area contributed by atoms with Gasteiger partial charge in [0.25, 0.3) is 0 Å². The van der Waals surface area contributed by atoms with E-state index >= 15 is 0 Å². The van der Waals surface area contributed by atoms with Crippen molar-refractivity contribution >= 4 is 11.9 Å². The zero-order chi connectivity index (χ0) is 15.3. The number of hydrogen-bond acceptors (Lipinski definition) is 3. The van der Waals surface area contributed by atoms with Crippen molar-refractivity contribution in [3.05, 3.63) is 34.9 Å². The van der Waals surface area contributed by atoms with Gasteiger partial charge in [-0.1, -0.05) is 19.9 Å². The summed E-state index contributed by atoms with van der Waals surface area (Å²) in [6.45, 7) is 7.57. The Bertz CT molecular complexity index is 500. The van der Waals surface area contributed by atoms with Crippen LogP contribution in [0.25, 0.3) is 0 Å². The molecule has 0 spiro atoms. The number of carbonyl (C=O) groups is 2. The first-order valence-electron chi connectivity index (χ1n) is 6.69. The summed E-state index contributed by atoms with van der Waals surface area (Å²) in [7, 11) is 0. The number of primary amides is 1. The second kappa shape index (κ2) is 7.05. The summed E-state index contributed by atoms with van der Waals surface area (Å²) < 4.78 is 0. The lowest BCUT2D eigenvalue weighted by atomic mass is 10.0. The molecule has 1 unspecified atom stereocenters. The molecule has 0 aliphatic carbocycles. The lowest BCUT2D eigenvalue weighted by molar-refractivity contribution is -0.141. The second-order valence-electron chi connectivity index (χ2n) is 5.07. The van der Waals surface area contributed by atoms with Crippen LogP contribution in [-0.4, -0.2) is 35.0 Å². The van der Waals surface area contributed by atoms with Crippen LogP contribution in [0.4, 0.5) is 0 Å². The minimum Gasteiger partial charge on any atom is -0.481 e. The van der Waals surface area contributed by atoms with Crippen molar-refractivity contribution in [2.75, 3.05) is 13.1 Å². The van der Waals surface area contributed by atoms with Gasteiger partial charge in [-0.05, 0) is 36.7 Å². The second-order valence-corrected chi connectivity index (χ2v) is 5.07. The first-order chi connectivity index (χ1) is 9.35.